The largest absolute Gasteiger partial charge is 0.270 e. The van der Waals surface area contributed by atoms with Crippen LogP contribution in [-0.2, 0) is 16.4 Å². The predicted octanol–water partition coefficient (Wildman–Crippen LogP) is 1.40. The number of nitrogens with zero attached hydrogens (tertiary/aromatic N) is 1. The number of anilines is 1. The van der Waals surface area contributed by atoms with E-state index < -0.39 is 10.0 Å². The topological polar surface area (TPSA) is 37.4 Å². The maximum Gasteiger partial charge on any atom is 0.235 e. The standard InChI is InChI=1S/C10H13NO2S/c1-2-11-10-6-4-3-5-9(10)7-8-14(11,12)13/h3-6H,2,7-8H2,1H3. The van der Waals surface area contributed by atoms with E-state index >= 15 is 0 Å². The first-order valence-electron chi connectivity index (χ1n) is 4.73. The van der Waals surface area contributed by atoms with Crippen molar-refractivity contribution in [3.63, 3.8) is 0 Å². The summed E-state index contributed by atoms with van der Waals surface area (Å²) in [6, 6.07) is 7.69. The zero-order valence-electron chi connectivity index (χ0n) is 8.10. The molecule has 0 saturated carbocycles. The van der Waals surface area contributed by atoms with Crippen molar-refractivity contribution in [3.05, 3.63) is 29.8 Å². The van der Waals surface area contributed by atoms with Gasteiger partial charge in [0.25, 0.3) is 0 Å². The van der Waals surface area contributed by atoms with Gasteiger partial charge < -0.3 is 0 Å². The van der Waals surface area contributed by atoms with Gasteiger partial charge in [0.05, 0.1) is 11.4 Å². The second-order valence-electron chi connectivity index (χ2n) is 3.36. The van der Waals surface area contributed by atoms with Gasteiger partial charge in [-0.1, -0.05) is 18.2 Å². The lowest BCUT2D eigenvalue weighted by molar-refractivity contribution is 0.588. The van der Waals surface area contributed by atoms with E-state index in [1.54, 1.807) is 0 Å². The van der Waals surface area contributed by atoms with Crippen molar-refractivity contribution in [3.8, 4) is 0 Å². The van der Waals surface area contributed by atoms with Crippen LogP contribution in [0.4, 0.5) is 5.69 Å². The van der Waals surface area contributed by atoms with E-state index in [9.17, 15) is 8.42 Å². The lowest BCUT2D eigenvalue weighted by Crippen LogP contribution is -2.37. The van der Waals surface area contributed by atoms with Crippen LogP contribution in [0.2, 0.25) is 0 Å². The average Bonchev–Trinajstić information content (AvgIpc) is 2.17. The van der Waals surface area contributed by atoms with E-state index in [-0.39, 0.29) is 5.75 Å². The molecule has 0 radical (unpaired) electrons. The number of fused-ring (bicyclic) bond motifs is 1. The lowest BCUT2D eigenvalue weighted by atomic mass is 10.1. The Bertz CT molecular complexity index is 439. The second-order valence-corrected chi connectivity index (χ2v) is 5.37. The monoisotopic (exact) mass is 211 g/mol. The smallest absolute Gasteiger partial charge is 0.235 e. The van der Waals surface area contributed by atoms with Gasteiger partial charge in [-0.3, -0.25) is 4.31 Å². The number of benzene rings is 1. The third kappa shape index (κ3) is 1.39. The molecule has 1 aromatic carbocycles. The van der Waals surface area contributed by atoms with E-state index in [1.165, 1.54) is 4.31 Å². The average molecular weight is 211 g/mol. The Hall–Kier alpha value is -1.03. The Kier molecular flexibility index (Phi) is 2.23. The van der Waals surface area contributed by atoms with Crippen molar-refractivity contribution in [2.75, 3.05) is 16.6 Å². The molecule has 0 spiro atoms. The third-order valence-electron chi connectivity index (χ3n) is 2.51. The first kappa shape index (κ1) is 9.52. The maximum absolute atomic E-state index is 11.7. The molecular formula is C10H13NO2S. The molecular weight excluding hydrogens is 198 g/mol. The van der Waals surface area contributed by atoms with Crippen LogP contribution >= 0.6 is 0 Å². The summed E-state index contributed by atoms with van der Waals surface area (Å²) in [7, 11) is -3.05. The molecule has 1 aliphatic rings. The Labute approximate surface area is 84.4 Å². The first-order valence-corrected chi connectivity index (χ1v) is 6.34. The third-order valence-corrected chi connectivity index (χ3v) is 4.36. The molecule has 1 aromatic rings. The summed E-state index contributed by atoms with van der Waals surface area (Å²) < 4.78 is 24.9. The highest BCUT2D eigenvalue weighted by atomic mass is 32.2. The minimum absolute atomic E-state index is 0.234. The molecule has 0 bridgehead atoms. The van der Waals surface area contributed by atoms with Crippen LogP contribution in [0, 0.1) is 0 Å². The van der Waals surface area contributed by atoms with E-state index in [0.29, 0.717) is 13.0 Å². The van der Waals surface area contributed by atoms with Crippen LogP contribution in [0.15, 0.2) is 24.3 Å². The second kappa shape index (κ2) is 3.28. The summed E-state index contributed by atoms with van der Waals surface area (Å²) in [6.45, 7) is 2.37. The molecule has 2 rings (SSSR count). The van der Waals surface area contributed by atoms with Crippen LogP contribution in [0.3, 0.4) is 0 Å². The molecule has 0 aromatic heterocycles. The predicted molar refractivity (Wildman–Crippen MR) is 57.0 cm³/mol. The van der Waals surface area contributed by atoms with Gasteiger partial charge in [-0.15, -0.1) is 0 Å². The Balaban J connectivity index is 2.56. The van der Waals surface area contributed by atoms with Gasteiger partial charge in [-0.05, 0) is 25.0 Å². The maximum atomic E-state index is 11.7. The van der Waals surface area contributed by atoms with E-state index in [1.807, 2.05) is 31.2 Å². The summed E-state index contributed by atoms with van der Waals surface area (Å²) in [4.78, 5) is 0. The van der Waals surface area contributed by atoms with Crippen molar-refractivity contribution in [2.45, 2.75) is 13.3 Å². The Morgan fingerprint density at radius 1 is 1.36 bits per heavy atom. The SMILES string of the molecule is CCN1c2ccccc2CCS1(=O)=O. The van der Waals surface area contributed by atoms with Crippen LogP contribution in [0.25, 0.3) is 0 Å². The fourth-order valence-corrected chi connectivity index (χ4v) is 3.40. The summed E-state index contributed by atoms with van der Waals surface area (Å²) in [6.07, 6.45) is 0.634. The van der Waals surface area contributed by atoms with E-state index in [0.717, 1.165) is 11.3 Å². The molecule has 1 heterocycles. The summed E-state index contributed by atoms with van der Waals surface area (Å²) in [5.74, 6) is 0.234. The van der Waals surface area contributed by atoms with E-state index in [2.05, 4.69) is 0 Å². The molecule has 0 N–H and O–H groups in total. The van der Waals surface area contributed by atoms with Crippen molar-refractivity contribution < 1.29 is 8.42 Å². The number of aryl methyl sites for hydroxylation is 1. The van der Waals surface area contributed by atoms with Crippen molar-refractivity contribution in [1.29, 1.82) is 0 Å². The number of para-hydroxylation sites is 1. The molecule has 14 heavy (non-hydrogen) atoms. The van der Waals surface area contributed by atoms with Gasteiger partial charge in [-0.25, -0.2) is 8.42 Å². The Morgan fingerprint density at radius 3 is 2.79 bits per heavy atom. The fraction of sp³-hybridized carbons (Fsp3) is 0.400. The summed E-state index contributed by atoms with van der Waals surface area (Å²) >= 11 is 0. The van der Waals surface area contributed by atoms with Gasteiger partial charge >= 0.3 is 0 Å². The first-order chi connectivity index (χ1) is 6.65. The van der Waals surface area contributed by atoms with Gasteiger partial charge in [0.15, 0.2) is 0 Å². The van der Waals surface area contributed by atoms with Crippen LogP contribution in [0.5, 0.6) is 0 Å². The summed E-state index contributed by atoms with van der Waals surface area (Å²) in [5, 5.41) is 0. The van der Waals surface area contributed by atoms with E-state index in [4.69, 9.17) is 0 Å². The number of rotatable bonds is 1. The molecule has 0 amide bonds. The normalized spacial score (nSPS) is 19.1. The van der Waals surface area contributed by atoms with Crippen molar-refractivity contribution >= 4 is 15.7 Å². The molecule has 0 atom stereocenters. The van der Waals surface area contributed by atoms with Crippen molar-refractivity contribution in [2.24, 2.45) is 0 Å². The molecule has 3 nitrogen and oxygen atoms in total. The minimum Gasteiger partial charge on any atom is -0.270 e. The van der Waals surface area contributed by atoms with Crippen LogP contribution in [0.1, 0.15) is 12.5 Å². The highest BCUT2D eigenvalue weighted by Crippen LogP contribution is 2.28. The molecule has 0 unspecified atom stereocenters. The lowest BCUT2D eigenvalue weighted by Gasteiger charge is -2.29. The van der Waals surface area contributed by atoms with Crippen LogP contribution < -0.4 is 4.31 Å². The molecule has 0 aliphatic carbocycles. The molecule has 0 saturated heterocycles. The molecule has 0 fully saturated rings. The quantitative estimate of drug-likeness (QED) is 0.704. The van der Waals surface area contributed by atoms with Gasteiger partial charge in [-0.2, -0.15) is 0 Å². The summed E-state index contributed by atoms with van der Waals surface area (Å²) in [5.41, 5.74) is 1.98. The van der Waals surface area contributed by atoms with Gasteiger partial charge in [0.2, 0.25) is 10.0 Å². The fourth-order valence-electron chi connectivity index (χ4n) is 1.83. The van der Waals surface area contributed by atoms with Crippen molar-refractivity contribution in [1.82, 2.24) is 0 Å². The number of hydrogen-bond donors (Lipinski definition) is 0. The zero-order chi connectivity index (χ0) is 10.2. The van der Waals surface area contributed by atoms with Crippen LogP contribution in [-0.4, -0.2) is 20.7 Å². The number of hydrogen-bond acceptors (Lipinski definition) is 2. The minimum atomic E-state index is -3.05. The zero-order valence-corrected chi connectivity index (χ0v) is 8.92. The number of sulfonamides is 1. The Morgan fingerprint density at radius 2 is 2.07 bits per heavy atom. The molecule has 1 aliphatic heterocycles. The van der Waals surface area contributed by atoms with Gasteiger partial charge in [0, 0.05) is 6.54 Å². The van der Waals surface area contributed by atoms with Gasteiger partial charge in [0.1, 0.15) is 0 Å². The highest BCUT2D eigenvalue weighted by Gasteiger charge is 2.27. The highest BCUT2D eigenvalue weighted by molar-refractivity contribution is 7.92. The molecule has 4 heteroatoms. The molecule has 76 valence electrons.